The predicted octanol–water partition coefficient (Wildman–Crippen LogP) is 1.17. The van der Waals surface area contributed by atoms with Crippen LogP contribution in [0.5, 0.6) is 0 Å². The number of rotatable bonds is 5. The number of benzene rings is 2. The fourth-order valence-corrected chi connectivity index (χ4v) is 2.75. The Kier molecular flexibility index (Phi) is 5.30. The highest BCUT2D eigenvalue weighted by molar-refractivity contribution is 6.22. The minimum absolute atomic E-state index is 0.207. The van der Waals surface area contributed by atoms with Gasteiger partial charge >= 0.3 is 5.97 Å². The number of nitrogens with one attached hydrogen (secondary N) is 1. The SMILES string of the molecule is CC(C(=O)OCC(=O)NC(=O)c1ccccc1)N1C(=O)c2ccccc2C1=O. The molecule has 0 saturated heterocycles. The maximum atomic E-state index is 12.4. The van der Waals surface area contributed by atoms with E-state index in [1.807, 2.05) is 0 Å². The summed E-state index contributed by atoms with van der Waals surface area (Å²) in [5.74, 6) is -3.59. The Hall–Kier alpha value is -3.81. The average Bonchev–Trinajstić information content (AvgIpc) is 2.97. The third kappa shape index (κ3) is 3.66. The second-order valence-corrected chi connectivity index (χ2v) is 6.05. The summed E-state index contributed by atoms with van der Waals surface area (Å²) in [5, 5.41) is 2.09. The third-order valence-electron chi connectivity index (χ3n) is 4.19. The van der Waals surface area contributed by atoms with Gasteiger partial charge in [-0.2, -0.15) is 0 Å². The van der Waals surface area contributed by atoms with Crippen LogP contribution in [0, 0.1) is 0 Å². The molecule has 1 aliphatic heterocycles. The zero-order valence-corrected chi connectivity index (χ0v) is 14.9. The normalized spacial score (nSPS) is 13.7. The number of carbonyl (C=O) groups is 5. The van der Waals surface area contributed by atoms with Crippen LogP contribution in [0.2, 0.25) is 0 Å². The molecule has 0 aromatic heterocycles. The van der Waals surface area contributed by atoms with Crippen molar-refractivity contribution in [1.29, 1.82) is 0 Å². The Morgan fingerprint density at radius 1 is 0.929 bits per heavy atom. The van der Waals surface area contributed by atoms with Crippen LogP contribution in [0.15, 0.2) is 54.6 Å². The van der Waals surface area contributed by atoms with E-state index in [1.54, 1.807) is 30.3 Å². The van der Waals surface area contributed by atoms with Gasteiger partial charge in [0.2, 0.25) is 0 Å². The summed E-state index contributed by atoms with van der Waals surface area (Å²) in [4.78, 5) is 61.4. The van der Waals surface area contributed by atoms with E-state index in [0.717, 1.165) is 4.90 Å². The maximum absolute atomic E-state index is 12.4. The largest absolute Gasteiger partial charge is 0.454 e. The Bertz CT molecular complexity index is 935. The van der Waals surface area contributed by atoms with E-state index >= 15 is 0 Å². The summed E-state index contributed by atoms with van der Waals surface area (Å²) in [6.45, 7) is 0.613. The second-order valence-electron chi connectivity index (χ2n) is 6.05. The first kappa shape index (κ1) is 19.0. The minimum atomic E-state index is -1.22. The highest BCUT2D eigenvalue weighted by Gasteiger charge is 2.41. The van der Waals surface area contributed by atoms with E-state index in [1.165, 1.54) is 31.2 Å². The number of amides is 4. The molecule has 1 N–H and O–H groups in total. The van der Waals surface area contributed by atoms with Crippen LogP contribution in [-0.2, 0) is 14.3 Å². The van der Waals surface area contributed by atoms with Crippen molar-refractivity contribution in [2.24, 2.45) is 0 Å². The van der Waals surface area contributed by atoms with Crippen LogP contribution in [0.25, 0.3) is 0 Å². The minimum Gasteiger partial charge on any atom is -0.454 e. The van der Waals surface area contributed by atoms with Crippen LogP contribution in [-0.4, -0.2) is 47.1 Å². The van der Waals surface area contributed by atoms with E-state index in [0.29, 0.717) is 0 Å². The monoisotopic (exact) mass is 380 g/mol. The van der Waals surface area contributed by atoms with Gasteiger partial charge in [-0.3, -0.25) is 29.4 Å². The van der Waals surface area contributed by atoms with Gasteiger partial charge in [0.05, 0.1) is 11.1 Å². The molecule has 0 spiro atoms. The summed E-state index contributed by atoms with van der Waals surface area (Å²) in [6.07, 6.45) is 0. The molecule has 2 aromatic carbocycles. The molecule has 28 heavy (non-hydrogen) atoms. The summed E-state index contributed by atoms with van der Waals surface area (Å²) in [6, 6.07) is 13.1. The van der Waals surface area contributed by atoms with Crippen molar-refractivity contribution in [2.75, 3.05) is 6.61 Å². The summed E-state index contributed by atoms with van der Waals surface area (Å²) in [7, 11) is 0. The molecule has 0 saturated carbocycles. The van der Waals surface area contributed by atoms with Gasteiger partial charge in [-0.05, 0) is 31.2 Å². The molecule has 8 heteroatoms. The smallest absolute Gasteiger partial charge is 0.329 e. The van der Waals surface area contributed by atoms with Crippen molar-refractivity contribution in [2.45, 2.75) is 13.0 Å². The van der Waals surface area contributed by atoms with Gasteiger partial charge in [-0.1, -0.05) is 30.3 Å². The molecule has 142 valence electrons. The van der Waals surface area contributed by atoms with E-state index in [-0.39, 0.29) is 16.7 Å². The summed E-state index contributed by atoms with van der Waals surface area (Å²) in [5.41, 5.74) is 0.693. The lowest BCUT2D eigenvalue weighted by Crippen LogP contribution is -2.44. The first-order valence-electron chi connectivity index (χ1n) is 8.43. The van der Waals surface area contributed by atoms with Crippen molar-refractivity contribution in [3.05, 3.63) is 71.3 Å². The summed E-state index contributed by atoms with van der Waals surface area (Å²) >= 11 is 0. The van der Waals surface area contributed by atoms with Crippen LogP contribution in [0.1, 0.15) is 38.0 Å². The molecule has 0 radical (unpaired) electrons. The molecule has 1 atom stereocenters. The van der Waals surface area contributed by atoms with Crippen molar-refractivity contribution < 1.29 is 28.7 Å². The van der Waals surface area contributed by atoms with Gasteiger partial charge < -0.3 is 4.74 Å². The van der Waals surface area contributed by atoms with Gasteiger partial charge in [0.25, 0.3) is 23.6 Å². The van der Waals surface area contributed by atoms with Crippen LogP contribution in [0.4, 0.5) is 0 Å². The standard InChI is InChI=1S/C20H16N2O6/c1-12(22-18(25)14-9-5-6-10-15(14)19(22)26)20(27)28-11-16(23)21-17(24)13-7-3-2-4-8-13/h2-10,12H,11H2,1H3,(H,21,23,24). The fourth-order valence-electron chi connectivity index (χ4n) is 2.75. The number of hydrogen-bond acceptors (Lipinski definition) is 6. The molecule has 1 unspecified atom stereocenters. The number of nitrogens with zero attached hydrogens (tertiary/aromatic N) is 1. The Balaban J connectivity index is 1.56. The van der Waals surface area contributed by atoms with Gasteiger partial charge in [0.1, 0.15) is 6.04 Å². The van der Waals surface area contributed by atoms with Gasteiger partial charge in [-0.15, -0.1) is 0 Å². The number of hydrogen-bond donors (Lipinski definition) is 1. The quantitative estimate of drug-likeness (QED) is 0.616. The van der Waals surface area contributed by atoms with E-state index in [2.05, 4.69) is 5.32 Å². The van der Waals surface area contributed by atoms with E-state index < -0.39 is 42.2 Å². The third-order valence-corrected chi connectivity index (χ3v) is 4.19. The molecule has 8 nitrogen and oxygen atoms in total. The lowest BCUT2D eigenvalue weighted by atomic mass is 10.1. The molecule has 1 heterocycles. The lowest BCUT2D eigenvalue weighted by Gasteiger charge is -2.20. The molecule has 4 amide bonds. The van der Waals surface area contributed by atoms with Gasteiger partial charge in [0.15, 0.2) is 6.61 Å². The molecule has 0 fully saturated rings. The summed E-state index contributed by atoms with van der Waals surface area (Å²) < 4.78 is 4.86. The topological polar surface area (TPSA) is 110 Å². The molecular formula is C20H16N2O6. The maximum Gasteiger partial charge on any atom is 0.329 e. The van der Waals surface area contributed by atoms with E-state index in [4.69, 9.17) is 4.74 Å². The van der Waals surface area contributed by atoms with Gasteiger partial charge in [0, 0.05) is 5.56 Å². The first-order valence-corrected chi connectivity index (χ1v) is 8.43. The fraction of sp³-hybridized carbons (Fsp3) is 0.150. The average molecular weight is 380 g/mol. The Labute approximate surface area is 160 Å². The molecule has 0 bridgehead atoms. The molecule has 2 aromatic rings. The highest BCUT2D eigenvalue weighted by atomic mass is 16.5. The number of carbonyl (C=O) groups excluding carboxylic acids is 5. The van der Waals surface area contributed by atoms with E-state index in [9.17, 15) is 24.0 Å². The van der Waals surface area contributed by atoms with Crippen molar-refractivity contribution >= 4 is 29.6 Å². The van der Waals surface area contributed by atoms with Crippen molar-refractivity contribution in [1.82, 2.24) is 10.2 Å². The molecule has 3 rings (SSSR count). The predicted molar refractivity (Wildman–Crippen MR) is 96.3 cm³/mol. The highest BCUT2D eigenvalue weighted by Crippen LogP contribution is 2.24. The molecule has 0 aliphatic carbocycles. The Morgan fingerprint density at radius 2 is 1.46 bits per heavy atom. The second kappa shape index (κ2) is 7.83. The zero-order valence-electron chi connectivity index (χ0n) is 14.9. The number of ether oxygens (including phenoxy) is 1. The van der Waals surface area contributed by atoms with Gasteiger partial charge in [-0.25, -0.2) is 4.79 Å². The Morgan fingerprint density at radius 3 is 2.04 bits per heavy atom. The molecule has 1 aliphatic rings. The van der Waals surface area contributed by atoms with Crippen molar-refractivity contribution in [3.8, 4) is 0 Å². The lowest BCUT2D eigenvalue weighted by molar-refractivity contribution is -0.151. The first-order chi connectivity index (χ1) is 13.4. The number of esters is 1. The van der Waals surface area contributed by atoms with Crippen LogP contribution < -0.4 is 5.32 Å². The number of fused-ring (bicyclic) bond motifs is 1. The van der Waals surface area contributed by atoms with Crippen LogP contribution in [0.3, 0.4) is 0 Å². The zero-order chi connectivity index (χ0) is 20.3. The molecular weight excluding hydrogens is 364 g/mol. The number of imide groups is 2. The van der Waals surface area contributed by atoms with Crippen LogP contribution >= 0.6 is 0 Å². The van der Waals surface area contributed by atoms with Crippen molar-refractivity contribution in [3.63, 3.8) is 0 Å².